The van der Waals surface area contributed by atoms with Crippen LogP contribution in [0.4, 0.5) is 11.4 Å². The van der Waals surface area contributed by atoms with Gasteiger partial charge in [0.2, 0.25) is 5.91 Å². The Labute approximate surface area is 135 Å². The Bertz CT molecular complexity index is 687. The van der Waals surface area contributed by atoms with Crippen molar-refractivity contribution in [1.29, 1.82) is 0 Å². The molecule has 2 aromatic carbocycles. The monoisotopic (exact) mass is 312 g/mol. The topological polar surface area (TPSA) is 64.8 Å². The second kappa shape index (κ2) is 7.05. The van der Waals surface area contributed by atoms with E-state index in [0.717, 1.165) is 11.4 Å². The second-order valence-corrected chi connectivity index (χ2v) is 5.35. The number of hydrogen-bond donors (Lipinski definition) is 1. The lowest BCUT2D eigenvalue weighted by molar-refractivity contribution is -0.119. The number of nitrogens with two attached hydrogens (primary N) is 1. The fourth-order valence-electron chi connectivity index (χ4n) is 2.58. The number of carbonyl (C=O) groups excluding carboxylic acids is 1. The van der Waals surface area contributed by atoms with Crippen LogP contribution in [0.3, 0.4) is 0 Å². The zero-order valence-electron chi connectivity index (χ0n) is 12.9. The molecule has 0 atom stereocenters. The van der Waals surface area contributed by atoms with Crippen LogP contribution in [0.5, 0.6) is 11.5 Å². The van der Waals surface area contributed by atoms with Gasteiger partial charge in [-0.2, -0.15) is 0 Å². The maximum Gasteiger partial charge on any atom is 0.227 e. The molecule has 0 saturated heterocycles. The molecule has 5 heteroatoms. The highest BCUT2D eigenvalue weighted by atomic mass is 16.5. The van der Waals surface area contributed by atoms with E-state index in [1.807, 2.05) is 42.5 Å². The predicted molar refractivity (Wildman–Crippen MR) is 89.9 cm³/mol. The largest absolute Gasteiger partial charge is 0.491 e. The van der Waals surface area contributed by atoms with E-state index in [4.69, 9.17) is 15.2 Å². The lowest BCUT2D eigenvalue weighted by Crippen LogP contribution is -2.37. The fraction of sp³-hybridized carbons (Fsp3) is 0.278. The summed E-state index contributed by atoms with van der Waals surface area (Å²) in [6.45, 7) is 1.58. The van der Waals surface area contributed by atoms with Crippen molar-refractivity contribution in [2.24, 2.45) is 0 Å². The van der Waals surface area contributed by atoms with Gasteiger partial charge in [-0.05, 0) is 30.7 Å². The van der Waals surface area contributed by atoms with Crippen molar-refractivity contribution in [3.63, 3.8) is 0 Å². The Balaban J connectivity index is 1.52. The number of ether oxygens (including phenoxy) is 2. The summed E-state index contributed by atoms with van der Waals surface area (Å²) in [6, 6.07) is 15.0. The van der Waals surface area contributed by atoms with Gasteiger partial charge in [0, 0.05) is 6.42 Å². The highest BCUT2D eigenvalue weighted by Gasteiger charge is 2.22. The minimum atomic E-state index is 0.0883. The number of para-hydroxylation sites is 4. The molecule has 0 radical (unpaired) electrons. The molecule has 2 aromatic rings. The molecule has 3 rings (SSSR count). The van der Waals surface area contributed by atoms with Gasteiger partial charge in [0.15, 0.2) is 0 Å². The summed E-state index contributed by atoms with van der Waals surface area (Å²) in [4.78, 5) is 14.2. The summed E-state index contributed by atoms with van der Waals surface area (Å²) >= 11 is 0. The van der Waals surface area contributed by atoms with Gasteiger partial charge in [-0.3, -0.25) is 4.79 Å². The standard InChI is InChI=1S/C18H20N2O3/c19-14-6-1-3-8-16(14)22-12-5-10-18(21)20-11-13-23-17-9-4-2-7-15(17)20/h1-4,6-9H,5,10-13,19H2. The number of nitrogen functional groups attached to an aromatic ring is 1. The first-order valence-corrected chi connectivity index (χ1v) is 7.75. The molecule has 5 nitrogen and oxygen atoms in total. The van der Waals surface area contributed by atoms with Crippen LogP contribution in [0, 0.1) is 0 Å². The van der Waals surface area contributed by atoms with Crippen molar-refractivity contribution < 1.29 is 14.3 Å². The van der Waals surface area contributed by atoms with E-state index in [9.17, 15) is 4.79 Å². The number of amides is 1. The Kier molecular flexibility index (Phi) is 4.66. The number of rotatable bonds is 5. The quantitative estimate of drug-likeness (QED) is 0.681. The number of anilines is 2. The van der Waals surface area contributed by atoms with Gasteiger partial charge < -0.3 is 20.1 Å². The molecule has 0 bridgehead atoms. The number of carbonyl (C=O) groups is 1. The normalized spacial score (nSPS) is 13.1. The van der Waals surface area contributed by atoms with Crippen molar-refractivity contribution >= 4 is 17.3 Å². The van der Waals surface area contributed by atoms with Crippen LogP contribution < -0.4 is 20.1 Å². The molecule has 1 aliphatic rings. The highest BCUT2D eigenvalue weighted by Crippen LogP contribution is 2.31. The SMILES string of the molecule is Nc1ccccc1OCCCC(=O)N1CCOc2ccccc21. The van der Waals surface area contributed by atoms with E-state index in [1.54, 1.807) is 11.0 Å². The van der Waals surface area contributed by atoms with E-state index in [2.05, 4.69) is 0 Å². The second-order valence-electron chi connectivity index (χ2n) is 5.35. The lowest BCUT2D eigenvalue weighted by Gasteiger charge is -2.29. The minimum absolute atomic E-state index is 0.0883. The maximum atomic E-state index is 12.4. The molecule has 0 unspecified atom stereocenters. The molecule has 1 heterocycles. The third kappa shape index (κ3) is 3.56. The van der Waals surface area contributed by atoms with Crippen molar-refractivity contribution in [3.8, 4) is 11.5 Å². The summed E-state index contributed by atoms with van der Waals surface area (Å²) < 4.78 is 11.2. The van der Waals surface area contributed by atoms with Crippen LogP contribution in [0.25, 0.3) is 0 Å². The molecule has 0 fully saturated rings. The summed E-state index contributed by atoms with van der Waals surface area (Å²) in [7, 11) is 0. The summed E-state index contributed by atoms with van der Waals surface area (Å²) in [5.41, 5.74) is 7.27. The molecule has 23 heavy (non-hydrogen) atoms. The van der Waals surface area contributed by atoms with Gasteiger partial charge in [0.05, 0.1) is 24.5 Å². The molecule has 1 aliphatic heterocycles. The van der Waals surface area contributed by atoms with Gasteiger partial charge in [0.25, 0.3) is 0 Å². The Hall–Kier alpha value is -2.69. The first-order valence-electron chi connectivity index (χ1n) is 7.75. The zero-order valence-corrected chi connectivity index (χ0v) is 12.9. The van der Waals surface area contributed by atoms with Gasteiger partial charge in [0.1, 0.15) is 18.1 Å². The van der Waals surface area contributed by atoms with Crippen LogP contribution >= 0.6 is 0 Å². The molecule has 1 amide bonds. The van der Waals surface area contributed by atoms with E-state index in [-0.39, 0.29) is 5.91 Å². The molecule has 0 aliphatic carbocycles. The third-order valence-corrected chi connectivity index (χ3v) is 3.74. The van der Waals surface area contributed by atoms with E-state index < -0.39 is 0 Å². The predicted octanol–water partition coefficient (Wildman–Crippen LogP) is 2.85. The van der Waals surface area contributed by atoms with Crippen molar-refractivity contribution in [3.05, 3.63) is 48.5 Å². The van der Waals surface area contributed by atoms with Crippen LogP contribution in [0.15, 0.2) is 48.5 Å². The smallest absolute Gasteiger partial charge is 0.227 e. The Morgan fingerprint density at radius 3 is 2.83 bits per heavy atom. The van der Waals surface area contributed by atoms with Gasteiger partial charge in [-0.15, -0.1) is 0 Å². The number of nitrogens with zero attached hydrogens (tertiary/aromatic N) is 1. The Morgan fingerprint density at radius 2 is 1.96 bits per heavy atom. The first kappa shape index (κ1) is 15.2. The van der Waals surface area contributed by atoms with Crippen LogP contribution in [-0.2, 0) is 4.79 Å². The zero-order chi connectivity index (χ0) is 16.1. The van der Waals surface area contributed by atoms with E-state index in [1.165, 1.54) is 0 Å². The molecular weight excluding hydrogens is 292 g/mol. The summed E-state index contributed by atoms with van der Waals surface area (Å²) in [5.74, 6) is 1.52. The minimum Gasteiger partial charge on any atom is -0.491 e. The molecule has 2 N–H and O–H groups in total. The summed E-state index contributed by atoms with van der Waals surface area (Å²) in [5, 5.41) is 0. The molecule has 0 saturated carbocycles. The molecule has 120 valence electrons. The van der Waals surface area contributed by atoms with E-state index in [0.29, 0.717) is 44.0 Å². The average Bonchev–Trinajstić information content (AvgIpc) is 2.59. The number of hydrogen-bond acceptors (Lipinski definition) is 4. The van der Waals surface area contributed by atoms with Gasteiger partial charge in [-0.1, -0.05) is 24.3 Å². The van der Waals surface area contributed by atoms with E-state index >= 15 is 0 Å². The van der Waals surface area contributed by atoms with Gasteiger partial charge in [-0.25, -0.2) is 0 Å². The van der Waals surface area contributed by atoms with Crippen LogP contribution in [0.1, 0.15) is 12.8 Å². The maximum absolute atomic E-state index is 12.4. The van der Waals surface area contributed by atoms with Crippen molar-refractivity contribution in [2.75, 3.05) is 30.4 Å². The fourth-order valence-corrected chi connectivity index (χ4v) is 2.58. The van der Waals surface area contributed by atoms with Gasteiger partial charge >= 0.3 is 0 Å². The average molecular weight is 312 g/mol. The molecule has 0 spiro atoms. The third-order valence-electron chi connectivity index (χ3n) is 3.74. The lowest BCUT2D eigenvalue weighted by atomic mass is 10.2. The van der Waals surface area contributed by atoms with Crippen LogP contribution in [0.2, 0.25) is 0 Å². The highest BCUT2D eigenvalue weighted by molar-refractivity contribution is 5.95. The summed E-state index contributed by atoms with van der Waals surface area (Å²) in [6.07, 6.45) is 1.08. The van der Waals surface area contributed by atoms with Crippen molar-refractivity contribution in [2.45, 2.75) is 12.8 Å². The van der Waals surface area contributed by atoms with Crippen LogP contribution in [-0.4, -0.2) is 25.7 Å². The number of fused-ring (bicyclic) bond motifs is 1. The first-order chi connectivity index (χ1) is 11.3. The molecular formula is C18H20N2O3. The Morgan fingerprint density at radius 1 is 1.17 bits per heavy atom. The number of benzene rings is 2. The molecule has 0 aromatic heterocycles. The van der Waals surface area contributed by atoms with Crippen molar-refractivity contribution in [1.82, 2.24) is 0 Å².